The highest BCUT2D eigenvalue weighted by Gasteiger charge is 2.19. The fourth-order valence-corrected chi connectivity index (χ4v) is 1.50. The molecular formula is C13H20O2. The van der Waals surface area contributed by atoms with Crippen LogP contribution in [-0.4, -0.2) is 13.7 Å². The van der Waals surface area contributed by atoms with Gasteiger partial charge in [0, 0.05) is 5.56 Å². The molecular weight excluding hydrogens is 188 g/mol. The number of rotatable bonds is 3. The van der Waals surface area contributed by atoms with E-state index in [4.69, 9.17) is 9.47 Å². The molecule has 0 spiro atoms. The summed E-state index contributed by atoms with van der Waals surface area (Å²) in [5.74, 6) is 1.83. The maximum atomic E-state index is 5.61. The first-order valence-corrected chi connectivity index (χ1v) is 5.30. The fourth-order valence-electron chi connectivity index (χ4n) is 1.50. The van der Waals surface area contributed by atoms with Gasteiger partial charge in [0.15, 0.2) is 0 Å². The van der Waals surface area contributed by atoms with Gasteiger partial charge >= 0.3 is 0 Å². The van der Waals surface area contributed by atoms with Gasteiger partial charge < -0.3 is 9.47 Å². The maximum Gasteiger partial charge on any atom is 0.123 e. The van der Waals surface area contributed by atoms with Crippen LogP contribution in [0.4, 0.5) is 0 Å². The van der Waals surface area contributed by atoms with Crippen molar-refractivity contribution in [1.82, 2.24) is 0 Å². The molecule has 0 aliphatic carbocycles. The summed E-state index contributed by atoms with van der Waals surface area (Å²) in [7, 11) is 1.68. The van der Waals surface area contributed by atoms with Crippen LogP contribution in [0.15, 0.2) is 18.2 Å². The smallest absolute Gasteiger partial charge is 0.123 e. The molecule has 0 saturated carbocycles. The number of benzene rings is 1. The van der Waals surface area contributed by atoms with Gasteiger partial charge in [-0.1, -0.05) is 20.8 Å². The number of hydrogen-bond acceptors (Lipinski definition) is 2. The Hall–Kier alpha value is -1.18. The minimum Gasteiger partial charge on any atom is -0.497 e. The molecule has 0 aromatic heterocycles. The molecule has 0 radical (unpaired) electrons. The SMILES string of the molecule is CCOc1ccc(OC)cc1C(C)(C)C. The van der Waals surface area contributed by atoms with Gasteiger partial charge in [0.2, 0.25) is 0 Å². The van der Waals surface area contributed by atoms with E-state index in [1.807, 2.05) is 25.1 Å². The molecule has 0 bridgehead atoms. The molecule has 1 aromatic rings. The molecule has 0 unspecified atom stereocenters. The summed E-state index contributed by atoms with van der Waals surface area (Å²) in [5.41, 5.74) is 1.25. The molecule has 0 amide bonds. The Balaban J connectivity index is 3.16. The van der Waals surface area contributed by atoms with Crippen LogP contribution in [0, 0.1) is 0 Å². The quantitative estimate of drug-likeness (QED) is 0.758. The van der Waals surface area contributed by atoms with Gasteiger partial charge in [-0.3, -0.25) is 0 Å². The van der Waals surface area contributed by atoms with Gasteiger partial charge in [0.25, 0.3) is 0 Å². The van der Waals surface area contributed by atoms with E-state index in [1.165, 1.54) is 5.56 Å². The Morgan fingerprint density at radius 3 is 2.33 bits per heavy atom. The summed E-state index contributed by atoms with van der Waals surface area (Å²) in [6.07, 6.45) is 0. The maximum absolute atomic E-state index is 5.61. The van der Waals surface area contributed by atoms with Crippen LogP contribution >= 0.6 is 0 Å². The van der Waals surface area contributed by atoms with Crippen LogP contribution in [0.3, 0.4) is 0 Å². The Bertz CT molecular complexity index is 324. The van der Waals surface area contributed by atoms with E-state index < -0.39 is 0 Å². The second-order valence-corrected chi connectivity index (χ2v) is 4.55. The fraction of sp³-hybridized carbons (Fsp3) is 0.538. The summed E-state index contributed by atoms with van der Waals surface area (Å²) < 4.78 is 10.8. The summed E-state index contributed by atoms with van der Waals surface area (Å²) in [5, 5.41) is 0. The molecule has 1 aromatic carbocycles. The second kappa shape index (κ2) is 4.56. The summed E-state index contributed by atoms with van der Waals surface area (Å²) in [4.78, 5) is 0. The van der Waals surface area contributed by atoms with E-state index in [1.54, 1.807) is 7.11 Å². The predicted octanol–water partition coefficient (Wildman–Crippen LogP) is 3.39. The van der Waals surface area contributed by atoms with Crippen molar-refractivity contribution in [2.75, 3.05) is 13.7 Å². The Kier molecular flexibility index (Phi) is 3.61. The lowest BCUT2D eigenvalue weighted by Crippen LogP contribution is -2.13. The summed E-state index contributed by atoms with van der Waals surface area (Å²) >= 11 is 0. The van der Waals surface area contributed by atoms with E-state index in [2.05, 4.69) is 20.8 Å². The van der Waals surface area contributed by atoms with Crippen molar-refractivity contribution in [2.24, 2.45) is 0 Å². The first-order chi connectivity index (χ1) is 6.99. The number of hydrogen-bond donors (Lipinski definition) is 0. The molecule has 0 fully saturated rings. The molecule has 0 aliphatic heterocycles. The normalized spacial score (nSPS) is 11.3. The lowest BCUT2D eigenvalue weighted by molar-refractivity contribution is 0.328. The Morgan fingerprint density at radius 1 is 1.20 bits per heavy atom. The molecule has 84 valence electrons. The zero-order valence-electron chi connectivity index (χ0n) is 10.3. The van der Waals surface area contributed by atoms with E-state index >= 15 is 0 Å². The minimum atomic E-state index is 0.0685. The van der Waals surface area contributed by atoms with E-state index in [9.17, 15) is 0 Å². The van der Waals surface area contributed by atoms with Gasteiger partial charge in [-0.05, 0) is 30.5 Å². The second-order valence-electron chi connectivity index (χ2n) is 4.55. The Morgan fingerprint density at radius 2 is 1.87 bits per heavy atom. The lowest BCUT2D eigenvalue weighted by atomic mass is 9.86. The predicted molar refractivity (Wildman–Crippen MR) is 62.9 cm³/mol. The van der Waals surface area contributed by atoms with Gasteiger partial charge in [-0.25, -0.2) is 0 Å². The van der Waals surface area contributed by atoms with Gasteiger partial charge in [0.1, 0.15) is 11.5 Å². The van der Waals surface area contributed by atoms with Gasteiger partial charge in [-0.15, -0.1) is 0 Å². The molecule has 0 atom stereocenters. The van der Waals surface area contributed by atoms with Crippen LogP contribution in [0.2, 0.25) is 0 Å². The van der Waals surface area contributed by atoms with Gasteiger partial charge in [-0.2, -0.15) is 0 Å². The van der Waals surface area contributed by atoms with Crippen molar-refractivity contribution in [3.8, 4) is 11.5 Å². The zero-order valence-corrected chi connectivity index (χ0v) is 10.3. The average molecular weight is 208 g/mol. The third-order valence-electron chi connectivity index (χ3n) is 2.29. The molecule has 2 heteroatoms. The topological polar surface area (TPSA) is 18.5 Å². The van der Waals surface area contributed by atoms with E-state index in [-0.39, 0.29) is 5.41 Å². The molecule has 0 aliphatic rings. The molecule has 0 N–H and O–H groups in total. The van der Waals surface area contributed by atoms with Crippen LogP contribution in [0.25, 0.3) is 0 Å². The third-order valence-corrected chi connectivity index (χ3v) is 2.29. The highest BCUT2D eigenvalue weighted by atomic mass is 16.5. The average Bonchev–Trinajstić information content (AvgIpc) is 2.17. The standard InChI is InChI=1S/C13H20O2/c1-6-15-12-8-7-10(14-5)9-11(12)13(2,3)4/h7-9H,6H2,1-5H3. The van der Waals surface area contributed by atoms with E-state index in [0.717, 1.165) is 11.5 Å². The first-order valence-electron chi connectivity index (χ1n) is 5.30. The van der Waals surface area contributed by atoms with Crippen molar-refractivity contribution in [2.45, 2.75) is 33.1 Å². The summed E-state index contributed by atoms with van der Waals surface area (Å²) in [6.45, 7) is 9.20. The summed E-state index contributed by atoms with van der Waals surface area (Å²) in [6, 6.07) is 5.95. The molecule has 0 heterocycles. The first kappa shape index (κ1) is 11.9. The van der Waals surface area contributed by atoms with E-state index in [0.29, 0.717) is 6.61 Å². The molecule has 2 nitrogen and oxygen atoms in total. The minimum absolute atomic E-state index is 0.0685. The van der Waals surface area contributed by atoms with Crippen molar-refractivity contribution in [3.05, 3.63) is 23.8 Å². The van der Waals surface area contributed by atoms with Crippen LogP contribution in [0.1, 0.15) is 33.3 Å². The monoisotopic (exact) mass is 208 g/mol. The Labute approximate surface area is 92.2 Å². The van der Waals surface area contributed by atoms with Crippen LogP contribution in [0.5, 0.6) is 11.5 Å². The van der Waals surface area contributed by atoms with Crippen LogP contribution < -0.4 is 9.47 Å². The van der Waals surface area contributed by atoms with Gasteiger partial charge in [0.05, 0.1) is 13.7 Å². The number of methoxy groups -OCH3 is 1. The zero-order chi connectivity index (χ0) is 11.5. The van der Waals surface area contributed by atoms with Crippen molar-refractivity contribution in [3.63, 3.8) is 0 Å². The highest BCUT2D eigenvalue weighted by molar-refractivity contribution is 5.44. The third kappa shape index (κ3) is 2.88. The molecule has 15 heavy (non-hydrogen) atoms. The largest absolute Gasteiger partial charge is 0.497 e. The highest BCUT2D eigenvalue weighted by Crippen LogP contribution is 2.34. The molecule has 0 saturated heterocycles. The van der Waals surface area contributed by atoms with Crippen LogP contribution in [-0.2, 0) is 5.41 Å². The van der Waals surface area contributed by atoms with Crippen molar-refractivity contribution >= 4 is 0 Å². The number of ether oxygens (including phenoxy) is 2. The lowest BCUT2D eigenvalue weighted by Gasteiger charge is -2.23. The molecule has 1 rings (SSSR count). The van der Waals surface area contributed by atoms with Crippen molar-refractivity contribution < 1.29 is 9.47 Å². The van der Waals surface area contributed by atoms with Crippen molar-refractivity contribution in [1.29, 1.82) is 0 Å².